The Labute approximate surface area is 109 Å². The van der Waals surface area contributed by atoms with Crippen LogP contribution in [-0.2, 0) is 7.05 Å². The SMILES string of the molecule is CCCCNc1nnc(-c2nn(C)cc2Cl)s1. The number of hydrogen-bond acceptors (Lipinski definition) is 5. The lowest BCUT2D eigenvalue weighted by Crippen LogP contribution is -1.99. The van der Waals surface area contributed by atoms with Gasteiger partial charge in [-0.15, -0.1) is 10.2 Å². The zero-order chi connectivity index (χ0) is 12.3. The van der Waals surface area contributed by atoms with E-state index in [0.717, 1.165) is 29.5 Å². The van der Waals surface area contributed by atoms with Crippen molar-refractivity contribution in [3.63, 3.8) is 0 Å². The Balaban J connectivity index is 2.10. The molecule has 0 aliphatic heterocycles. The summed E-state index contributed by atoms with van der Waals surface area (Å²) in [5, 5.41) is 17.8. The number of hydrogen-bond donors (Lipinski definition) is 1. The van der Waals surface area contributed by atoms with Crippen LogP contribution in [0.2, 0.25) is 5.02 Å². The van der Waals surface area contributed by atoms with E-state index in [2.05, 4.69) is 27.5 Å². The van der Waals surface area contributed by atoms with Gasteiger partial charge in [-0.05, 0) is 6.42 Å². The number of unbranched alkanes of at least 4 members (excludes halogenated alkanes) is 1. The molecule has 0 aromatic carbocycles. The Morgan fingerprint density at radius 3 is 2.94 bits per heavy atom. The van der Waals surface area contributed by atoms with Crippen LogP contribution in [-0.4, -0.2) is 26.5 Å². The minimum atomic E-state index is 0.601. The molecule has 2 aromatic rings. The summed E-state index contributed by atoms with van der Waals surface area (Å²) >= 11 is 7.52. The standard InChI is InChI=1S/C10H14ClN5S/c1-3-4-5-12-10-14-13-9(17-10)8-7(11)6-16(2)15-8/h6H,3-5H2,1-2H3,(H,12,14). The zero-order valence-corrected chi connectivity index (χ0v) is 11.3. The molecule has 0 atom stereocenters. The lowest BCUT2D eigenvalue weighted by Gasteiger charge is -1.97. The average molecular weight is 272 g/mol. The maximum absolute atomic E-state index is 6.05. The molecule has 0 spiro atoms. The summed E-state index contributed by atoms with van der Waals surface area (Å²) in [6.07, 6.45) is 4.03. The van der Waals surface area contributed by atoms with Crippen molar-refractivity contribution in [1.82, 2.24) is 20.0 Å². The highest BCUT2D eigenvalue weighted by Crippen LogP contribution is 2.30. The molecule has 17 heavy (non-hydrogen) atoms. The number of anilines is 1. The van der Waals surface area contributed by atoms with Crippen LogP contribution in [0.25, 0.3) is 10.7 Å². The molecule has 2 aromatic heterocycles. The van der Waals surface area contributed by atoms with Gasteiger partial charge in [-0.2, -0.15) is 5.10 Å². The van der Waals surface area contributed by atoms with Crippen LogP contribution in [0.4, 0.5) is 5.13 Å². The van der Waals surface area contributed by atoms with Crippen LogP contribution < -0.4 is 5.32 Å². The highest BCUT2D eigenvalue weighted by molar-refractivity contribution is 7.18. The van der Waals surface area contributed by atoms with Crippen molar-refractivity contribution in [2.75, 3.05) is 11.9 Å². The van der Waals surface area contributed by atoms with Gasteiger partial charge in [0.15, 0.2) is 5.01 Å². The first-order valence-electron chi connectivity index (χ1n) is 5.47. The zero-order valence-electron chi connectivity index (χ0n) is 9.77. The quantitative estimate of drug-likeness (QED) is 0.850. The largest absolute Gasteiger partial charge is 0.360 e. The van der Waals surface area contributed by atoms with Crippen LogP contribution in [0.15, 0.2) is 6.20 Å². The Morgan fingerprint density at radius 2 is 2.29 bits per heavy atom. The monoisotopic (exact) mass is 271 g/mol. The molecule has 0 aliphatic carbocycles. The number of nitrogens with zero attached hydrogens (tertiary/aromatic N) is 4. The van der Waals surface area contributed by atoms with E-state index >= 15 is 0 Å². The molecule has 0 saturated heterocycles. The van der Waals surface area contributed by atoms with Crippen molar-refractivity contribution in [3.8, 4) is 10.7 Å². The van der Waals surface area contributed by atoms with Crippen LogP contribution in [0, 0.1) is 0 Å². The second-order valence-electron chi connectivity index (χ2n) is 3.69. The maximum atomic E-state index is 6.05. The fraction of sp³-hybridized carbons (Fsp3) is 0.500. The van der Waals surface area contributed by atoms with Crippen LogP contribution in [0.1, 0.15) is 19.8 Å². The van der Waals surface area contributed by atoms with Crippen LogP contribution in [0.3, 0.4) is 0 Å². The summed E-state index contributed by atoms with van der Waals surface area (Å²) < 4.78 is 1.67. The third kappa shape index (κ3) is 2.95. The van der Waals surface area contributed by atoms with Crippen LogP contribution in [0.5, 0.6) is 0 Å². The van der Waals surface area contributed by atoms with Gasteiger partial charge in [-0.1, -0.05) is 36.3 Å². The summed E-state index contributed by atoms with van der Waals surface area (Å²) in [5.74, 6) is 0. The molecule has 92 valence electrons. The minimum absolute atomic E-state index is 0.601. The summed E-state index contributed by atoms with van der Waals surface area (Å²) in [5.41, 5.74) is 0.690. The summed E-state index contributed by atoms with van der Waals surface area (Å²) in [6.45, 7) is 3.07. The van der Waals surface area contributed by atoms with Crippen molar-refractivity contribution < 1.29 is 0 Å². The van der Waals surface area contributed by atoms with E-state index in [1.165, 1.54) is 11.3 Å². The summed E-state index contributed by atoms with van der Waals surface area (Å²) in [6, 6.07) is 0. The van der Waals surface area contributed by atoms with Gasteiger partial charge in [0.1, 0.15) is 5.69 Å². The van der Waals surface area contributed by atoms with E-state index < -0.39 is 0 Å². The predicted molar refractivity (Wildman–Crippen MR) is 70.5 cm³/mol. The second kappa shape index (κ2) is 5.46. The van der Waals surface area contributed by atoms with Crippen molar-refractivity contribution in [2.45, 2.75) is 19.8 Å². The minimum Gasteiger partial charge on any atom is -0.360 e. The van der Waals surface area contributed by atoms with E-state index in [1.54, 1.807) is 10.9 Å². The predicted octanol–water partition coefficient (Wildman–Crippen LogP) is 2.80. The first-order chi connectivity index (χ1) is 8.20. The number of aryl methyl sites for hydroxylation is 1. The topological polar surface area (TPSA) is 55.6 Å². The Kier molecular flexibility index (Phi) is 3.96. The van der Waals surface area contributed by atoms with Gasteiger partial charge in [-0.25, -0.2) is 0 Å². The van der Waals surface area contributed by atoms with Crippen molar-refractivity contribution in [3.05, 3.63) is 11.2 Å². The molecule has 1 N–H and O–H groups in total. The van der Waals surface area contributed by atoms with E-state index in [1.807, 2.05) is 7.05 Å². The van der Waals surface area contributed by atoms with E-state index in [-0.39, 0.29) is 0 Å². The van der Waals surface area contributed by atoms with Gasteiger partial charge in [0, 0.05) is 19.8 Å². The van der Waals surface area contributed by atoms with Gasteiger partial charge < -0.3 is 5.32 Å². The van der Waals surface area contributed by atoms with E-state index in [4.69, 9.17) is 11.6 Å². The Bertz CT molecular complexity index is 493. The molecule has 2 heterocycles. The van der Waals surface area contributed by atoms with Gasteiger partial charge in [-0.3, -0.25) is 4.68 Å². The number of aromatic nitrogens is 4. The molecule has 0 unspecified atom stereocenters. The average Bonchev–Trinajstić information content (AvgIpc) is 2.86. The van der Waals surface area contributed by atoms with E-state index in [0.29, 0.717) is 10.7 Å². The highest BCUT2D eigenvalue weighted by atomic mass is 35.5. The first kappa shape index (κ1) is 12.3. The van der Waals surface area contributed by atoms with Gasteiger partial charge in [0.25, 0.3) is 0 Å². The molecule has 0 amide bonds. The third-order valence-electron chi connectivity index (χ3n) is 2.22. The fourth-order valence-electron chi connectivity index (χ4n) is 1.37. The third-order valence-corrected chi connectivity index (χ3v) is 3.38. The van der Waals surface area contributed by atoms with Crippen molar-refractivity contribution in [2.24, 2.45) is 7.05 Å². The molecule has 5 nitrogen and oxygen atoms in total. The van der Waals surface area contributed by atoms with Crippen molar-refractivity contribution in [1.29, 1.82) is 0 Å². The normalized spacial score (nSPS) is 10.8. The summed E-state index contributed by atoms with van der Waals surface area (Å²) in [4.78, 5) is 0. The molecule has 0 fully saturated rings. The van der Waals surface area contributed by atoms with Crippen LogP contribution >= 0.6 is 22.9 Å². The number of rotatable bonds is 5. The molecule has 0 radical (unpaired) electrons. The Morgan fingerprint density at radius 1 is 1.47 bits per heavy atom. The second-order valence-corrected chi connectivity index (χ2v) is 5.08. The molecule has 0 saturated carbocycles. The maximum Gasteiger partial charge on any atom is 0.206 e. The molecule has 7 heteroatoms. The van der Waals surface area contributed by atoms with Gasteiger partial charge >= 0.3 is 0 Å². The molecule has 2 rings (SSSR count). The smallest absolute Gasteiger partial charge is 0.206 e. The van der Waals surface area contributed by atoms with Gasteiger partial charge in [0.05, 0.1) is 5.02 Å². The Hall–Kier alpha value is -1.14. The number of halogens is 1. The lowest BCUT2D eigenvalue weighted by atomic mass is 10.3. The molecule has 0 bridgehead atoms. The lowest BCUT2D eigenvalue weighted by molar-refractivity contribution is 0.770. The van der Waals surface area contributed by atoms with E-state index in [9.17, 15) is 0 Å². The molecule has 0 aliphatic rings. The van der Waals surface area contributed by atoms with Crippen molar-refractivity contribution >= 4 is 28.1 Å². The molecular weight excluding hydrogens is 258 g/mol. The fourth-order valence-corrected chi connectivity index (χ4v) is 2.46. The first-order valence-corrected chi connectivity index (χ1v) is 6.67. The molecular formula is C10H14ClN5S. The number of nitrogens with one attached hydrogen (secondary N) is 1. The van der Waals surface area contributed by atoms with Gasteiger partial charge in [0.2, 0.25) is 5.13 Å². The summed E-state index contributed by atoms with van der Waals surface area (Å²) in [7, 11) is 1.83. The highest BCUT2D eigenvalue weighted by Gasteiger charge is 2.13.